The largest absolute Gasteiger partial charge is 0.279 e. The molecule has 1 rings (SSSR count). The van der Waals surface area contributed by atoms with Crippen molar-refractivity contribution < 1.29 is 8.42 Å². The fraction of sp³-hybridized carbons (Fsp3) is 0.250. The second-order valence-corrected chi connectivity index (χ2v) is 4.50. The standard InChI is InChI=1S/C8H10N2O3S/c1-6-4-3-5-7(2)8(6)14(12,13)10-9-11/h3-5H,1-2H3,(H,10,11). The third-order valence-corrected chi connectivity index (χ3v) is 3.33. The monoisotopic (exact) mass is 214 g/mol. The van der Waals surface area contributed by atoms with Crippen molar-refractivity contribution in [1.29, 1.82) is 0 Å². The fourth-order valence-corrected chi connectivity index (χ4v) is 2.49. The highest BCUT2D eigenvalue weighted by Crippen LogP contribution is 2.18. The van der Waals surface area contributed by atoms with Crippen molar-refractivity contribution in [3.63, 3.8) is 0 Å². The van der Waals surface area contributed by atoms with Gasteiger partial charge in [-0.25, -0.2) is 0 Å². The van der Waals surface area contributed by atoms with E-state index < -0.39 is 10.0 Å². The Bertz CT molecular complexity index is 433. The highest BCUT2D eigenvalue weighted by molar-refractivity contribution is 7.89. The summed E-state index contributed by atoms with van der Waals surface area (Å²) < 4.78 is 22.9. The predicted octanol–water partition coefficient (Wildman–Crippen LogP) is 1.26. The van der Waals surface area contributed by atoms with Gasteiger partial charge in [0.25, 0.3) is 10.0 Å². The lowest BCUT2D eigenvalue weighted by Gasteiger charge is -2.07. The van der Waals surface area contributed by atoms with Gasteiger partial charge in [-0.05, 0) is 25.0 Å². The Morgan fingerprint density at radius 2 is 1.71 bits per heavy atom. The van der Waals surface area contributed by atoms with E-state index in [2.05, 4.69) is 5.29 Å². The van der Waals surface area contributed by atoms with Crippen molar-refractivity contribution >= 4 is 10.0 Å². The van der Waals surface area contributed by atoms with E-state index in [9.17, 15) is 13.3 Å². The molecule has 1 N–H and O–H groups in total. The van der Waals surface area contributed by atoms with Crippen LogP contribution in [0.2, 0.25) is 0 Å². The lowest BCUT2D eigenvalue weighted by atomic mass is 10.2. The Kier molecular flexibility index (Phi) is 2.85. The van der Waals surface area contributed by atoms with Crippen molar-refractivity contribution in [2.75, 3.05) is 0 Å². The third kappa shape index (κ3) is 1.90. The van der Waals surface area contributed by atoms with Gasteiger partial charge in [-0.2, -0.15) is 13.2 Å². The minimum Gasteiger partial charge on any atom is -0.200 e. The normalized spacial score (nSPS) is 11.0. The Morgan fingerprint density at radius 3 is 2.14 bits per heavy atom. The van der Waals surface area contributed by atoms with E-state index in [-0.39, 0.29) is 4.90 Å². The molecule has 0 aliphatic rings. The van der Waals surface area contributed by atoms with Crippen LogP contribution in [0, 0.1) is 18.8 Å². The molecule has 1 aromatic rings. The molecule has 14 heavy (non-hydrogen) atoms. The molecule has 0 atom stereocenters. The number of nitroso groups, excluding NO2 is 1. The van der Waals surface area contributed by atoms with Crippen molar-refractivity contribution in [3.05, 3.63) is 34.2 Å². The molecule has 0 radical (unpaired) electrons. The lowest BCUT2D eigenvalue weighted by Crippen LogP contribution is -2.19. The SMILES string of the molecule is Cc1cccc(C)c1S(=O)(=O)NN=O. The average molecular weight is 214 g/mol. The molecule has 5 nitrogen and oxygen atoms in total. The van der Waals surface area contributed by atoms with Crippen LogP contribution in [0.25, 0.3) is 0 Å². The molecule has 0 amide bonds. The van der Waals surface area contributed by atoms with Crippen LogP contribution >= 0.6 is 0 Å². The summed E-state index contributed by atoms with van der Waals surface area (Å²) >= 11 is 0. The molecular weight excluding hydrogens is 204 g/mol. The van der Waals surface area contributed by atoms with Crippen LogP contribution < -0.4 is 4.83 Å². The van der Waals surface area contributed by atoms with Crippen LogP contribution in [0.15, 0.2) is 28.4 Å². The van der Waals surface area contributed by atoms with Gasteiger partial charge in [-0.3, -0.25) is 0 Å². The van der Waals surface area contributed by atoms with E-state index in [1.807, 2.05) is 0 Å². The maximum atomic E-state index is 11.5. The molecule has 0 aromatic heterocycles. The maximum absolute atomic E-state index is 11.5. The van der Waals surface area contributed by atoms with E-state index in [1.54, 1.807) is 36.9 Å². The number of hydrogen-bond acceptors (Lipinski definition) is 4. The number of hydrogen-bond donors (Lipinski definition) is 1. The van der Waals surface area contributed by atoms with Gasteiger partial charge in [0.15, 0.2) is 0 Å². The minimum absolute atomic E-state index is 0.111. The first-order valence-corrected chi connectivity index (χ1v) is 5.37. The van der Waals surface area contributed by atoms with Gasteiger partial charge in [0.05, 0.1) is 10.2 Å². The maximum Gasteiger partial charge on any atom is 0.279 e. The summed E-state index contributed by atoms with van der Waals surface area (Å²) in [5, 5.41) is 2.18. The number of nitrogens with one attached hydrogen (secondary N) is 1. The van der Waals surface area contributed by atoms with Crippen molar-refractivity contribution in [1.82, 2.24) is 4.83 Å². The average Bonchev–Trinajstić information content (AvgIpc) is 2.02. The summed E-state index contributed by atoms with van der Waals surface area (Å²) in [5.74, 6) is 0. The Labute approximate surface area is 82.1 Å². The molecule has 0 saturated carbocycles. The van der Waals surface area contributed by atoms with Gasteiger partial charge in [0.1, 0.15) is 0 Å². The van der Waals surface area contributed by atoms with Crippen LogP contribution in [0.4, 0.5) is 0 Å². The third-order valence-electron chi connectivity index (χ3n) is 1.83. The molecule has 1 aromatic carbocycles. The van der Waals surface area contributed by atoms with Crippen LogP contribution in [0.1, 0.15) is 11.1 Å². The summed E-state index contributed by atoms with van der Waals surface area (Å²) in [5.41, 5.74) is 1.17. The van der Waals surface area contributed by atoms with E-state index >= 15 is 0 Å². The van der Waals surface area contributed by atoms with Gasteiger partial charge in [0.2, 0.25) is 0 Å². The Hall–Kier alpha value is -1.43. The molecule has 0 aliphatic carbocycles. The molecule has 0 spiro atoms. The topological polar surface area (TPSA) is 75.6 Å². The smallest absolute Gasteiger partial charge is 0.200 e. The molecule has 6 heteroatoms. The van der Waals surface area contributed by atoms with Crippen LogP contribution in [-0.2, 0) is 10.0 Å². The summed E-state index contributed by atoms with van der Waals surface area (Å²) in [6, 6.07) is 5.07. The van der Waals surface area contributed by atoms with Gasteiger partial charge in [-0.1, -0.05) is 18.2 Å². The van der Waals surface area contributed by atoms with Gasteiger partial charge in [0, 0.05) is 0 Å². The zero-order valence-corrected chi connectivity index (χ0v) is 8.63. The van der Waals surface area contributed by atoms with Crippen molar-refractivity contribution in [2.45, 2.75) is 18.7 Å². The summed E-state index contributed by atoms with van der Waals surface area (Å²) in [7, 11) is -3.80. The van der Waals surface area contributed by atoms with E-state index in [0.717, 1.165) is 0 Å². The highest BCUT2D eigenvalue weighted by Gasteiger charge is 2.18. The van der Waals surface area contributed by atoms with Crippen LogP contribution in [0.3, 0.4) is 0 Å². The summed E-state index contributed by atoms with van der Waals surface area (Å²) in [6.07, 6.45) is 0. The highest BCUT2D eigenvalue weighted by atomic mass is 32.2. The first kappa shape index (κ1) is 10.6. The first-order valence-electron chi connectivity index (χ1n) is 3.89. The molecule has 0 unspecified atom stereocenters. The van der Waals surface area contributed by atoms with Gasteiger partial charge >= 0.3 is 0 Å². The Balaban J connectivity index is 3.39. The van der Waals surface area contributed by atoms with E-state index in [4.69, 9.17) is 0 Å². The number of benzene rings is 1. The molecule has 0 aliphatic heterocycles. The quantitative estimate of drug-likeness (QED) is 0.608. The second-order valence-electron chi connectivity index (χ2n) is 2.91. The summed E-state index contributed by atoms with van der Waals surface area (Å²) in [4.78, 5) is 11.5. The van der Waals surface area contributed by atoms with E-state index in [0.29, 0.717) is 11.1 Å². The first-order chi connectivity index (χ1) is 6.49. The van der Waals surface area contributed by atoms with Gasteiger partial charge < -0.3 is 0 Å². The van der Waals surface area contributed by atoms with Crippen molar-refractivity contribution in [2.24, 2.45) is 5.29 Å². The van der Waals surface area contributed by atoms with Crippen LogP contribution in [0.5, 0.6) is 0 Å². The molecule has 0 bridgehead atoms. The minimum atomic E-state index is -3.80. The molecule has 0 heterocycles. The number of rotatable bonds is 3. The van der Waals surface area contributed by atoms with Crippen molar-refractivity contribution in [3.8, 4) is 0 Å². The zero-order chi connectivity index (χ0) is 10.8. The second kappa shape index (κ2) is 3.75. The summed E-state index contributed by atoms with van der Waals surface area (Å²) in [6.45, 7) is 3.32. The number of sulfonamides is 1. The lowest BCUT2D eigenvalue weighted by molar-refractivity contribution is 0.583. The Morgan fingerprint density at radius 1 is 1.21 bits per heavy atom. The van der Waals surface area contributed by atoms with Crippen LogP contribution in [-0.4, -0.2) is 8.42 Å². The molecule has 0 saturated heterocycles. The number of aryl methyl sites for hydroxylation is 2. The number of nitrogens with zero attached hydrogens (tertiary/aromatic N) is 1. The van der Waals surface area contributed by atoms with E-state index in [1.165, 1.54) is 0 Å². The fourth-order valence-electron chi connectivity index (χ4n) is 1.32. The predicted molar refractivity (Wildman–Crippen MR) is 52.0 cm³/mol. The van der Waals surface area contributed by atoms with Gasteiger partial charge in [-0.15, -0.1) is 4.91 Å². The molecular formula is C8H10N2O3S. The zero-order valence-electron chi connectivity index (χ0n) is 7.81. The molecule has 76 valence electrons. The molecule has 0 fully saturated rings.